The lowest BCUT2D eigenvalue weighted by atomic mass is 10.1. The molecule has 1 aliphatic rings. The van der Waals surface area contributed by atoms with Crippen LogP contribution >= 0.6 is 0 Å². The van der Waals surface area contributed by atoms with Gasteiger partial charge in [-0.15, -0.1) is 0 Å². The molecule has 3 aromatic rings. The van der Waals surface area contributed by atoms with Gasteiger partial charge in [-0.1, -0.05) is 42.0 Å². The molecule has 0 aliphatic carbocycles. The molecule has 0 radical (unpaired) electrons. The number of hydrogen-bond acceptors (Lipinski definition) is 4. The highest BCUT2D eigenvalue weighted by molar-refractivity contribution is 5.94. The third-order valence-electron chi connectivity index (χ3n) is 5.38. The fraction of sp³-hybridized carbons (Fsp3) is 0.280. The van der Waals surface area contributed by atoms with Gasteiger partial charge < -0.3 is 19.0 Å². The van der Waals surface area contributed by atoms with Gasteiger partial charge in [-0.2, -0.15) is 0 Å². The van der Waals surface area contributed by atoms with Crippen LogP contribution in [0, 0.1) is 12.7 Å². The number of furan rings is 1. The first-order chi connectivity index (χ1) is 15.5. The van der Waals surface area contributed by atoms with E-state index < -0.39 is 6.10 Å². The van der Waals surface area contributed by atoms with Crippen molar-refractivity contribution in [1.82, 2.24) is 9.80 Å². The van der Waals surface area contributed by atoms with Gasteiger partial charge in [0.25, 0.3) is 5.91 Å². The van der Waals surface area contributed by atoms with Crippen LogP contribution in [0.4, 0.5) is 4.39 Å². The Morgan fingerprint density at radius 1 is 1.09 bits per heavy atom. The van der Waals surface area contributed by atoms with E-state index in [1.165, 1.54) is 23.3 Å². The molecule has 2 aromatic carbocycles. The summed E-state index contributed by atoms with van der Waals surface area (Å²) in [4.78, 5) is 29.1. The SMILES string of the molecule is Cc1cccc(CN2C[C@@H](OCc3cccc(F)c3)CN(C(=O)c3ccco3)CC2=O)c1. The predicted molar refractivity (Wildman–Crippen MR) is 116 cm³/mol. The lowest BCUT2D eigenvalue weighted by Crippen LogP contribution is -2.39. The van der Waals surface area contributed by atoms with Crippen LogP contribution < -0.4 is 0 Å². The van der Waals surface area contributed by atoms with Crippen molar-refractivity contribution in [3.8, 4) is 0 Å². The Bertz CT molecular complexity index is 1080. The van der Waals surface area contributed by atoms with Crippen LogP contribution in [0.1, 0.15) is 27.2 Å². The summed E-state index contributed by atoms with van der Waals surface area (Å²) in [5.41, 5.74) is 2.81. The van der Waals surface area contributed by atoms with E-state index in [0.29, 0.717) is 18.7 Å². The van der Waals surface area contributed by atoms with Gasteiger partial charge >= 0.3 is 0 Å². The second kappa shape index (κ2) is 9.78. The number of carbonyl (C=O) groups excluding carboxylic acids is 2. The molecule has 1 fully saturated rings. The van der Waals surface area contributed by atoms with Crippen molar-refractivity contribution in [2.45, 2.75) is 26.2 Å². The van der Waals surface area contributed by atoms with Crippen molar-refractivity contribution in [2.24, 2.45) is 0 Å². The molecule has 6 nitrogen and oxygen atoms in total. The Labute approximate surface area is 186 Å². The van der Waals surface area contributed by atoms with Crippen molar-refractivity contribution in [2.75, 3.05) is 19.6 Å². The maximum absolute atomic E-state index is 13.5. The fourth-order valence-corrected chi connectivity index (χ4v) is 3.82. The highest BCUT2D eigenvalue weighted by Crippen LogP contribution is 2.17. The van der Waals surface area contributed by atoms with E-state index in [1.807, 2.05) is 31.2 Å². The Morgan fingerprint density at radius 2 is 1.91 bits per heavy atom. The first kappa shape index (κ1) is 21.8. The van der Waals surface area contributed by atoms with Crippen LogP contribution in [-0.2, 0) is 22.7 Å². The van der Waals surface area contributed by atoms with E-state index in [1.54, 1.807) is 29.2 Å². The number of benzene rings is 2. The molecule has 166 valence electrons. The van der Waals surface area contributed by atoms with E-state index in [-0.39, 0.29) is 43.1 Å². The molecule has 0 unspecified atom stereocenters. The van der Waals surface area contributed by atoms with Crippen LogP contribution in [0.15, 0.2) is 71.3 Å². The van der Waals surface area contributed by atoms with Crippen LogP contribution in [-0.4, -0.2) is 47.4 Å². The first-order valence-electron chi connectivity index (χ1n) is 10.5. The zero-order valence-corrected chi connectivity index (χ0v) is 17.9. The summed E-state index contributed by atoms with van der Waals surface area (Å²) in [5.74, 6) is -0.685. The summed E-state index contributed by atoms with van der Waals surface area (Å²) < 4.78 is 24.8. The molecule has 1 aliphatic heterocycles. The fourth-order valence-electron chi connectivity index (χ4n) is 3.82. The average Bonchev–Trinajstić information content (AvgIpc) is 3.26. The normalized spacial score (nSPS) is 16.8. The molecule has 1 saturated heterocycles. The summed E-state index contributed by atoms with van der Waals surface area (Å²) >= 11 is 0. The molecule has 1 aromatic heterocycles. The third kappa shape index (κ3) is 5.42. The van der Waals surface area contributed by atoms with E-state index >= 15 is 0 Å². The van der Waals surface area contributed by atoms with Crippen molar-refractivity contribution < 1.29 is 23.1 Å². The zero-order chi connectivity index (χ0) is 22.5. The molecule has 32 heavy (non-hydrogen) atoms. The summed E-state index contributed by atoms with van der Waals surface area (Å²) in [6, 6.07) is 17.4. The van der Waals surface area contributed by atoms with Crippen molar-refractivity contribution in [1.29, 1.82) is 0 Å². The Hall–Kier alpha value is -3.45. The van der Waals surface area contributed by atoms with Crippen LogP contribution in [0.5, 0.6) is 0 Å². The molecular formula is C25H25FN2O4. The number of hydrogen-bond donors (Lipinski definition) is 0. The van der Waals surface area contributed by atoms with Crippen molar-refractivity contribution >= 4 is 11.8 Å². The number of ether oxygens (including phenoxy) is 1. The largest absolute Gasteiger partial charge is 0.459 e. The monoisotopic (exact) mass is 436 g/mol. The molecule has 0 spiro atoms. The van der Waals surface area contributed by atoms with E-state index in [2.05, 4.69) is 0 Å². The highest BCUT2D eigenvalue weighted by Gasteiger charge is 2.32. The molecule has 0 N–H and O–H groups in total. The number of amides is 2. The smallest absolute Gasteiger partial charge is 0.290 e. The van der Waals surface area contributed by atoms with Gasteiger partial charge in [0.15, 0.2) is 5.76 Å². The number of rotatable bonds is 6. The predicted octanol–water partition coefficient (Wildman–Crippen LogP) is 3.80. The van der Waals surface area contributed by atoms with Gasteiger partial charge in [-0.05, 0) is 42.3 Å². The topological polar surface area (TPSA) is 63.0 Å². The maximum Gasteiger partial charge on any atom is 0.290 e. The van der Waals surface area contributed by atoms with Gasteiger partial charge in [-0.25, -0.2) is 4.39 Å². The highest BCUT2D eigenvalue weighted by atomic mass is 19.1. The standard InChI is InChI=1S/C25H25FN2O4/c1-18-5-2-6-19(11-18)13-27-14-22(32-17-20-7-3-8-21(26)12-20)15-28(16-24(27)29)25(30)23-9-4-10-31-23/h2-12,22H,13-17H2,1H3/t22-/m1/s1. The first-order valence-corrected chi connectivity index (χ1v) is 10.5. The van der Waals surface area contributed by atoms with Crippen molar-refractivity contribution in [3.63, 3.8) is 0 Å². The molecule has 7 heteroatoms. The number of halogens is 1. The van der Waals surface area contributed by atoms with Crippen LogP contribution in [0.3, 0.4) is 0 Å². The van der Waals surface area contributed by atoms with Gasteiger partial charge in [0, 0.05) is 19.6 Å². The number of aryl methyl sites for hydroxylation is 1. The Kier molecular flexibility index (Phi) is 6.66. The molecule has 0 saturated carbocycles. The third-order valence-corrected chi connectivity index (χ3v) is 5.38. The second-order valence-electron chi connectivity index (χ2n) is 7.99. The number of nitrogens with zero attached hydrogens (tertiary/aromatic N) is 2. The molecule has 4 rings (SSSR count). The van der Waals surface area contributed by atoms with E-state index in [4.69, 9.17) is 9.15 Å². The summed E-state index contributed by atoms with van der Waals surface area (Å²) in [5, 5.41) is 0. The zero-order valence-electron chi connectivity index (χ0n) is 17.9. The molecule has 2 heterocycles. The van der Waals surface area contributed by atoms with Crippen LogP contribution in [0.25, 0.3) is 0 Å². The average molecular weight is 436 g/mol. The molecular weight excluding hydrogens is 411 g/mol. The van der Waals surface area contributed by atoms with Crippen molar-refractivity contribution in [3.05, 3.63) is 95.2 Å². The van der Waals surface area contributed by atoms with Gasteiger partial charge in [0.1, 0.15) is 12.4 Å². The minimum atomic E-state index is -0.437. The second-order valence-corrected chi connectivity index (χ2v) is 7.99. The minimum Gasteiger partial charge on any atom is -0.459 e. The van der Waals surface area contributed by atoms with Crippen LogP contribution in [0.2, 0.25) is 0 Å². The minimum absolute atomic E-state index is 0.0643. The lowest BCUT2D eigenvalue weighted by molar-refractivity contribution is -0.132. The lowest BCUT2D eigenvalue weighted by Gasteiger charge is -2.25. The van der Waals surface area contributed by atoms with E-state index in [0.717, 1.165) is 11.1 Å². The number of carbonyl (C=O) groups is 2. The summed E-state index contributed by atoms with van der Waals surface area (Å²) in [6.45, 7) is 3.09. The molecule has 0 bridgehead atoms. The molecule has 2 amide bonds. The Morgan fingerprint density at radius 3 is 2.66 bits per heavy atom. The quantitative estimate of drug-likeness (QED) is 0.590. The summed E-state index contributed by atoms with van der Waals surface area (Å²) in [6.07, 6.45) is 0.989. The van der Waals surface area contributed by atoms with Gasteiger partial charge in [0.2, 0.25) is 5.91 Å². The Balaban J connectivity index is 1.53. The van der Waals surface area contributed by atoms with Gasteiger partial charge in [0.05, 0.1) is 19.0 Å². The summed E-state index contributed by atoms with van der Waals surface area (Å²) in [7, 11) is 0. The molecule has 1 atom stereocenters. The van der Waals surface area contributed by atoms with E-state index in [9.17, 15) is 14.0 Å². The maximum atomic E-state index is 13.5. The van der Waals surface area contributed by atoms with Gasteiger partial charge in [-0.3, -0.25) is 9.59 Å².